The average molecular weight is 286 g/mol. The molecule has 0 bridgehead atoms. The lowest BCUT2D eigenvalue weighted by Gasteiger charge is -2.14. The van der Waals surface area contributed by atoms with Crippen molar-refractivity contribution in [1.29, 1.82) is 5.41 Å². The molecule has 8 heteroatoms. The van der Waals surface area contributed by atoms with Gasteiger partial charge in [-0.2, -0.15) is 13.2 Å². The van der Waals surface area contributed by atoms with Gasteiger partial charge in [-0.3, -0.25) is 5.41 Å². The van der Waals surface area contributed by atoms with Gasteiger partial charge in [-0.05, 0) is 31.0 Å². The number of amides is 2. The van der Waals surface area contributed by atoms with Crippen molar-refractivity contribution in [3.05, 3.63) is 29.3 Å². The van der Waals surface area contributed by atoms with Crippen molar-refractivity contribution in [1.82, 2.24) is 5.32 Å². The minimum atomic E-state index is -4.65. The summed E-state index contributed by atoms with van der Waals surface area (Å²) in [5, 5.41) is 12.1. The van der Waals surface area contributed by atoms with Crippen molar-refractivity contribution >= 4 is 17.6 Å². The maximum atomic E-state index is 12.9. The zero-order chi connectivity index (χ0) is 14.9. The van der Waals surface area contributed by atoms with E-state index in [-0.39, 0.29) is 11.7 Å². The van der Waals surface area contributed by atoms with Crippen LogP contribution in [0.15, 0.2) is 18.2 Å². The topological polar surface area (TPSA) is 91.0 Å². The normalized spacial score (nSPS) is 14.8. The Balaban J connectivity index is 2.22. The van der Waals surface area contributed by atoms with E-state index in [1.807, 2.05) is 0 Å². The van der Waals surface area contributed by atoms with E-state index in [2.05, 4.69) is 10.6 Å². The van der Waals surface area contributed by atoms with Gasteiger partial charge in [0.05, 0.1) is 5.56 Å². The van der Waals surface area contributed by atoms with Gasteiger partial charge in [-0.15, -0.1) is 0 Å². The number of hydrogen-bond acceptors (Lipinski definition) is 2. The summed E-state index contributed by atoms with van der Waals surface area (Å²) in [6, 6.07) is 2.67. The molecule has 2 amide bonds. The van der Waals surface area contributed by atoms with E-state index in [0.717, 1.165) is 25.0 Å². The van der Waals surface area contributed by atoms with Gasteiger partial charge in [-0.1, -0.05) is 0 Å². The zero-order valence-corrected chi connectivity index (χ0v) is 10.3. The molecule has 0 unspecified atom stereocenters. The smallest absolute Gasteiger partial charge is 0.384 e. The highest BCUT2D eigenvalue weighted by Gasteiger charge is 2.34. The molecule has 0 saturated heterocycles. The van der Waals surface area contributed by atoms with Crippen LogP contribution in [0.3, 0.4) is 0 Å². The maximum absolute atomic E-state index is 12.9. The lowest BCUT2D eigenvalue weighted by atomic mass is 10.1. The Kier molecular flexibility index (Phi) is 3.56. The van der Waals surface area contributed by atoms with Crippen LogP contribution in [-0.2, 0) is 6.18 Å². The molecule has 0 aromatic heterocycles. The van der Waals surface area contributed by atoms with Crippen molar-refractivity contribution in [2.45, 2.75) is 25.1 Å². The van der Waals surface area contributed by atoms with E-state index >= 15 is 0 Å². The molecular weight excluding hydrogens is 273 g/mol. The van der Waals surface area contributed by atoms with Crippen LogP contribution in [0, 0.1) is 5.41 Å². The van der Waals surface area contributed by atoms with Crippen molar-refractivity contribution < 1.29 is 18.0 Å². The monoisotopic (exact) mass is 286 g/mol. The van der Waals surface area contributed by atoms with E-state index < -0.39 is 29.2 Å². The third-order valence-corrected chi connectivity index (χ3v) is 2.79. The SMILES string of the molecule is N=C(N)c1ccc(NC(=O)NC2CC2)cc1C(F)(F)F. The van der Waals surface area contributed by atoms with E-state index in [1.54, 1.807) is 0 Å². The first kappa shape index (κ1) is 14.2. The summed E-state index contributed by atoms with van der Waals surface area (Å²) in [5.41, 5.74) is 3.66. The van der Waals surface area contributed by atoms with Crippen LogP contribution in [0.1, 0.15) is 24.0 Å². The average Bonchev–Trinajstić information content (AvgIpc) is 3.11. The molecule has 0 atom stereocenters. The number of urea groups is 1. The lowest BCUT2D eigenvalue weighted by molar-refractivity contribution is -0.137. The molecule has 0 aliphatic heterocycles. The molecule has 5 N–H and O–H groups in total. The highest BCUT2D eigenvalue weighted by molar-refractivity contribution is 5.98. The predicted octanol–water partition coefficient (Wildman–Crippen LogP) is 2.27. The first-order valence-electron chi connectivity index (χ1n) is 5.90. The van der Waals surface area contributed by atoms with Gasteiger partial charge in [0.15, 0.2) is 0 Å². The van der Waals surface area contributed by atoms with Crippen LogP contribution >= 0.6 is 0 Å². The number of carbonyl (C=O) groups excluding carboxylic acids is 1. The van der Waals surface area contributed by atoms with Crippen LogP contribution in [0.4, 0.5) is 23.7 Å². The summed E-state index contributed by atoms with van der Waals surface area (Å²) in [7, 11) is 0. The Morgan fingerprint density at radius 3 is 2.50 bits per heavy atom. The van der Waals surface area contributed by atoms with E-state index in [0.29, 0.717) is 0 Å². The zero-order valence-electron chi connectivity index (χ0n) is 10.3. The van der Waals surface area contributed by atoms with Crippen LogP contribution in [-0.4, -0.2) is 17.9 Å². The summed E-state index contributed by atoms with van der Waals surface area (Å²) in [5.74, 6) is -0.675. The molecule has 1 fully saturated rings. The third kappa shape index (κ3) is 3.40. The molecule has 20 heavy (non-hydrogen) atoms. The van der Waals surface area contributed by atoms with Crippen LogP contribution < -0.4 is 16.4 Å². The van der Waals surface area contributed by atoms with Crippen molar-refractivity contribution in [3.63, 3.8) is 0 Å². The van der Waals surface area contributed by atoms with E-state index in [4.69, 9.17) is 11.1 Å². The predicted molar refractivity (Wildman–Crippen MR) is 67.6 cm³/mol. The summed E-state index contributed by atoms with van der Waals surface area (Å²) in [6.07, 6.45) is -2.89. The molecule has 1 saturated carbocycles. The molecular formula is C12H13F3N4O. The first-order chi connectivity index (χ1) is 9.27. The summed E-state index contributed by atoms with van der Waals surface area (Å²) in [4.78, 5) is 11.5. The Bertz CT molecular complexity index is 552. The fourth-order valence-electron chi connectivity index (χ4n) is 1.67. The van der Waals surface area contributed by atoms with Gasteiger partial charge >= 0.3 is 12.2 Å². The van der Waals surface area contributed by atoms with Gasteiger partial charge in [0.25, 0.3) is 0 Å². The Labute approximate surface area is 112 Å². The maximum Gasteiger partial charge on any atom is 0.417 e. The summed E-state index contributed by atoms with van der Waals surface area (Å²) < 4.78 is 38.6. The molecule has 5 nitrogen and oxygen atoms in total. The second kappa shape index (κ2) is 5.03. The van der Waals surface area contributed by atoms with Crippen molar-refractivity contribution in [2.24, 2.45) is 5.73 Å². The molecule has 0 heterocycles. The molecule has 1 aliphatic carbocycles. The number of alkyl halides is 3. The summed E-state index contributed by atoms with van der Waals surface area (Å²) in [6.45, 7) is 0. The molecule has 0 radical (unpaired) electrons. The molecule has 108 valence electrons. The second-order valence-corrected chi connectivity index (χ2v) is 4.54. The minimum Gasteiger partial charge on any atom is -0.384 e. The number of hydrogen-bond donors (Lipinski definition) is 4. The number of nitrogen functional groups attached to an aromatic ring is 1. The highest BCUT2D eigenvalue weighted by atomic mass is 19.4. The fraction of sp³-hybridized carbons (Fsp3) is 0.333. The first-order valence-corrected chi connectivity index (χ1v) is 5.90. The molecule has 2 rings (SSSR count). The number of carbonyl (C=O) groups is 1. The van der Waals surface area contributed by atoms with E-state index in [9.17, 15) is 18.0 Å². The van der Waals surface area contributed by atoms with Crippen molar-refractivity contribution in [2.75, 3.05) is 5.32 Å². The Morgan fingerprint density at radius 1 is 1.35 bits per heavy atom. The molecule has 1 aromatic rings. The van der Waals surface area contributed by atoms with E-state index in [1.165, 1.54) is 6.07 Å². The number of halogens is 3. The molecule has 1 aromatic carbocycles. The number of benzene rings is 1. The van der Waals surface area contributed by atoms with Crippen LogP contribution in [0.25, 0.3) is 0 Å². The van der Waals surface area contributed by atoms with Gasteiger partial charge in [0.2, 0.25) is 0 Å². The second-order valence-electron chi connectivity index (χ2n) is 4.54. The molecule has 0 spiro atoms. The molecule has 1 aliphatic rings. The number of rotatable bonds is 3. The quantitative estimate of drug-likeness (QED) is 0.507. The van der Waals surface area contributed by atoms with Gasteiger partial charge in [0.1, 0.15) is 5.84 Å². The standard InChI is InChI=1S/C12H13F3N4O/c13-12(14,15)9-5-7(3-4-8(9)10(16)17)19-11(20)18-6-1-2-6/h3-6H,1-2H2,(H3,16,17)(H2,18,19,20). The largest absolute Gasteiger partial charge is 0.417 e. The van der Waals surface area contributed by atoms with Gasteiger partial charge in [-0.25, -0.2) is 4.79 Å². The lowest BCUT2D eigenvalue weighted by Crippen LogP contribution is -2.30. The van der Waals surface area contributed by atoms with Gasteiger partial charge in [0, 0.05) is 17.3 Å². The third-order valence-electron chi connectivity index (χ3n) is 2.79. The van der Waals surface area contributed by atoms with Crippen LogP contribution in [0.5, 0.6) is 0 Å². The Morgan fingerprint density at radius 2 is 2.00 bits per heavy atom. The van der Waals surface area contributed by atoms with Crippen molar-refractivity contribution in [3.8, 4) is 0 Å². The Hall–Kier alpha value is -2.25. The number of nitrogens with one attached hydrogen (secondary N) is 3. The summed E-state index contributed by atoms with van der Waals surface area (Å²) >= 11 is 0. The van der Waals surface area contributed by atoms with Gasteiger partial charge < -0.3 is 16.4 Å². The number of nitrogens with two attached hydrogens (primary N) is 1. The number of anilines is 1. The fourth-order valence-corrected chi connectivity index (χ4v) is 1.67. The number of amidine groups is 1. The minimum absolute atomic E-state index is 0.000440. The van der Waals surface area contributed by atoms with Crippen LogP contribution in [0.2, 0.25) is 0 Å². The highest BCUT2D eigenvalue weighted by Crippen LogP contribution is 2.33.